The molecule has 5 nitrogen and oxygen atoms in total. The van der Waals surface area contributed by atoms with E-state index in [0.717, 1.165) is 4.48 Å². The molecule has 0 fully saturated rings. The van der Waals surface area contributed by atoms with Gasteiger partial charge < -0.3 is 14.7 Å². The van der Waals surface area contributed by atoms with Gasteiger partial charge in [0.15, 0.2) is 0 Å². The van der Waals surface area contributed by atoms with E-state index in [1.54, 1.807) is 0 Å². The molecule has 6 heteroatoms. The summed E-state index contributed by atoms with van der Waals surface area (Å²) in [7, 11) is 8.50. The number of nitrogens with zero attached hydrogens (tertiary/aromatic N) is 1. The van der Waals surface area contributed by atoms with Crippen molar-refractivity contribution < 1.29 is 24.3 Å². The van der Waals surface area contributed by atoms with Crippen LogP contribution in [0, 0.1) is 0 Å². The zero-order valence-electron chi connectivity index (χ0n) is 8.31. The van der Waals surface area contributed by atoms with Crippen molar-refractivity contribution in [3.05, 3.63) is 12.2 Å². The summed E-state index contributed by atoms with van der Waals surface area (Å²) in [6, 6.07) is 0. The van der Waals surface area contributed by atoms with Crippen molar-refractivity contribution >= 4 is 63.3 Å². The fraction of sp³-hybridized carbons (Fsp3) is 0.500. The Morgan fingerprint density at radius 3 is 1.14 bits per heavy atom. The third-order valence-electron chi connectivity index (χ3n) is 0.368. The molecule has 0 saturated heterocycles. The van der Waals surface area contributed by atoms with Crippen LogP contribution in [0.5, 0.6) is 0 Å². The standard InChI is InChI=1S/C4H12N.C4H4O4.K.H/c1-5(2,3)4;5-3(6)1-2-4(7)8;;/h1-4H3;1-2H,(H,5,6)(H,7,8);;/q+1;;;/b;2-1-;;. The molecule has 0 rings (SSSR count). The number of carbonyl (C=O) groups is 2. The number of quaternary nitrogens is 1. The van der Waals surface area contributed by atoms with Crippen LogP contribution in [0.15, 0.2) is 12.2 Å². The Bertz CT molecular complexity index is 186. The molecule has 0 heterocycles. The van der Waals surface area contributed by atoms with Crippen LogP contribution in [0.25, 0.3) is 0 Å². The van der Waals surface area contributed by atoms with E-state index in [0.29, 0.717) is 12.2 Å². The third-order valence-corrected chi connectivity index (χ3v) is 0.368. The molecule has 0 aromatic carbocycles. The Morgan fingerprint density at radius 1 is 0.929 bits per heavy atom. The van der Waals surface area contributed by atoms with Gasteiger partial charge in [-0.3, -0.25) is 0 Å². The number of carboxylic acid groups (broad SMARTS) is 2. The first kappa shape index (κ1) is 19.8. The SMILES string of the molecule is C[N+](C)(C)C.O=C(O)/C=C\C(=O)O.[KH]. The topological polar surface area (TPSA) is 74.6 Å². The first-order valence-corrected chi connectivity index (χ1v) is 3.55. The van der Waals surface area contributed by atoms with E-state index in [1.807, 2.05) is 0 Å². The Labute approximate surface area is 126 Å². The van der Waals surface area contributed by atoms with Crippen LogP contribution >= 0.6 is 0 Å². The molecule has 0 amide bonds. The fourth-order valence-electron chi connectivity index (χ4n) is 0.143. The molecule has 0 atom stereocenters. The van der Waals surface area contributed by atoms with Crippen molar-refractivity contribution in [2.24, 2.45) is 0 Å². The van der Waals surface area contributed by atoms with Crippen LogP contribution in [0.2, 0.25) is 0 Å². The average molecular weight is 230 g/mol. The molecule has 0 aliphatic heterocycles. The van der Waals surface area contributed by atoms with Gasteiger partial charge >= 0.3 is 63.3 Å². The number of hydrogen-bond acceptors (Lipinski definition) is 2. The van der Waals surface area contributed by atoms with Crippen molar-refractivity contribution in [1.29, 1.82) is 0 Å². The summed E-state index contributed by atoms with van der Waals surface area (Å²) in [6.45, 7) is 0. The van der Waals surface area contributed by atoms with Crippen molar-refractivity contribution in [2.75, 3.05) is 28.2 Å². The van der Waals surface area contributed by atoms with Crippen LogP contribution < -0.4 is 0 Å². The van der Waals surface area contributed by atoms with Crippen LogP contribution in [0.1, 0.15) is 0 Å². The molecule has 0 radical (unpaired) electrons. The van der Waals surface area contributed by atoms with E-state index in [1.165, 1.54) is 0 Å². The van der Waals surface area contributed by atoms with E-state index in [-0.39, 0.29) is 51.4 Å². The first-order valence-electron chi connectivity index (χ1n) is 3.55. The van der Waals surface area contributed by atoms with Gasteiger partial charge in [-0.1, -0.05) is 0 Å². The van der Waals surface area contributed by atoms with E-state index >= 15 is 0 Å². The molecule has 0 spiro atoms. The van der Waals surface area contributed by atoms with E-state index in [4.69, 9.17) is 10.2 Å². The Morgan fingerprint density at radius 2 is 1.07 bits per heavy atom. The van der Waals surface area contributed by atoms with Gasteiger partial charge in [0.1, 0.15) is 0 Å². The molecular formula is C8H17KNO4+. The Balaban J connectivity index is -0.000000177. The summed E-state index contributed by atoms with van der Waals surface area (Å²) >= 11 is 0. The second-order valence-corrected chi connectivity index (χ2v) is 3.69. The predicted octanol–water partition coefficient (Wildman–Crippen LogP) is -0.614. The van der Waals surface area contributed by atoms with Crippen molar-refractivity contribution in [3.8, 4) is 0 Å². The minimum atomic E-state index is -1.26. The van der Waals surface area contributed by atoms with Crippen LogP contribution in [-0.2, 0) is 9.59 Å². The van der Waals surface area contributed by atoms with Crippen LogP contribution in [-0.4, -0.2) is 106 Å². The fourth-order valence-corrected chi connectivity index (χ4v) is 0.143. The first-order chi connectivity index (χ1) is 5.63. The molecule has 0 aliphatic carbocycles. The van der Waals surface area contributed by atoms with Gasteiger partial charge in [-0.15, -0.1) is 0 Å². The van der Waals surface area contributed by atoms with Crippen molar-refractivity contribution in [2.45, 2.75) is 0 Å². The van der Waals surface area contributed by atoms with Gasteiger partial charge in [-0.2, -0.15) is 0 Å². The predicted molar refractivity (Wildman–Crippen MR) is 55.5 cm³/mol. The summed E-state index contributed by atoms with van der Waals surface area (Å²) in [4.78, 5) is 19.1. The normalized spacial score (nSPS) is 9.71. The summed E-state index contributed by atoms with van der Waals surface area (Å²) in [5.41, 5.74) is 0. The molecule has 0 unspecified atom stereocenters. The molecule has 0 bridgehead atoms. The van der Waals surface area contributed by atoms with E-state index in [9.17, 15) is 9.59 Å². The second kappa shape index (κ2) is 9.82. The molecule has 0 aliphatic rings. The Kier molecular flexibility index (Phi) is 13.9. The van der Waals surface area contributed by atoms with Crippen molar-refractivity contribution in [3.63, 3.8) is 0 Å². The number of rotatable bonds is 2. The van der Waals surface area contributed by atoms with E-state index in [2.05, 4.69) is 28.2 Å². The van der Waals surface area contributed by atoms with Gasteiger partial charge in [-0.25, -0.2) is 9.59 Å². The van der Waals surface area contributed by atoms with Gasteiger partial charge in [-0.05, 0) is 0 Å². The van der Waals surface area contributed by atoms with Gasteiger partial charge in [0, 0.05) is 12.2 Å². The van der Waals surface area contributed by atoms with Gasteiger partial charge in [0.2, 0.25) is 0 Å². The van der Waals surface area contributed by atoms with Gasteiger partial charge in [0.25, 0.3) is 0 Å². The third kappa shape index (κ3) is 56.1. The summed E-state index contributed by atoms with van der Waals surface area (Å²) in [6.07, 6.45) is 1.12. The van der Waals surface area contributed by atoms with Crippen molar-refractivity contribution in [1.82, 2.24) is 0 Å². The molecule has 0 aromatic heterocycles. The number of carboxylic acids is 2. The number of hydrogen-bond donors (Lipinski definition) is 2. The molecule has 0 aromatic rings. The van der Waals surface area contributed by atoms with Crippen LogP contribution in [0.4, 0.5) is 0 Å². The summed E-state index contributed by atoms with van der Waals surface area (Å²) in [5.74, 6) is -2.51. The minimum absolute atomic E-state index is 0. The summed E-state index contributed by atoms with van der Waals surface area (Å²) in [5, 5.41) is 15.6. The monoisotopic (exact) mass is 230 g/mol. The van der Waals surface area contributed by atoms with E-state index < -0.39 is 11.9 Å². The molecular weight excluding hydrogens is 213 g/mol. The Hall–Kier alpha value is 0.276. The molecule has 14 heavy (non-hydrogen) atoms. The quantitative estimate of drug-likeness (QED) is 0.377. The average Bonchev–Trinajstić information content (AvgIpc) is 1.79. The molecule has 78 valence electrons. The zero-order chi connectivity index (χ0) is 11.1. The second-order valence-electron chi connectivity index (χ2n) is 3.69. The zero-order valence-corrected chi connectivity index (χ0v) is 8.31. The number of aliphatic carboxylic acids is 2. The van der Waals surface area contributed by atoms with Crippen LogP contribution in [0.3, 0.4) is 0 Å². The van der Waals surface area contributed by atoms with Gasteiger partial charge in [0.05, 0.1) is 28.2 Å². The maximum atomic E-state index is 9.55. The molecule has 0 saturated carbocycles. The molecule has 2 N–H and O–H groups in total. The summed E-state index contributed by atoms with van der Waals surface area (Å²) < 4.78 is 1.00. The maximum absolute atomic E-state index is 9.55.